The maximum Gasteiger partial charge on any atom is 0.328 e. The zero-order valence-corrected chi connectivity index (χ0v) is 18.4. The van der Waals surface area contributed by atoms with Crippen LogP contribution in [0.5, 0.6) is 0 Å². The second-order valence-electron chi connectivity index (χ2n) is 9.81. The second kappa shape index (κ2) is 7.45. The lowest BCUT2D eigenvalue weighted by atomic mass is 9.69. The normalized spacial score (nSPS) is 30.6. The van der Waals surface area contributed by atoms with Crippen LogP contribution in [0.1, 0.15) is 35.3 Å². The molecule has 8 heteroatoms. The molecule has 176 valence electrons. The first-order valence-electron chi connectivity index (χ1n) is 11.3. The number of benzene rings is 2. The van der Waals surface area contributed by atoms with Gasteiger partial charge in [0.05, 0.1) is 18.8 Å². The van der Waals surface area contributed by atoms with Gasteiger partial charge in [0.2, 0.25) is 0 Å². The molecule has 5 atom stereocenters. The number of carbonyl (C=O) groups is 1. The number of nitrogens with one attached hydrogen (secondary N) is 1. The van der Waals surface area contributed by atoms with Crippen LogP contribution in [0.15, 0.2) is 42.5 Å². The number of hydrogen-bond donors (Lipinski definition) is 2. The number of aromatic amines is 1. The van der Waals surface area contributed by atoms with Gasteiger partial charge in [-0.15, -0.1) is 0 Å². The predicted octanol–water partition coefficient (Wildman–Crippen LogP) is 4.62. The first-order chi connectivity index (χ1) is 16.3. The molecule has 2 N–H and O–H groups in total. The summed E-state index contributed by atoms with van der Waals surface area (Å²) in [6.45, 7) is 2.80. The van der Waals surface area contributed by atoms with Crippen molar-refractivity contribution in [3.05, 3.63) is 76.5 Å². The quantitative estimate of drug-likeness (QED) is 0.551. The van der Waals surface area contributed by atoms with E-state index >= 15 is 13.2 Å². The number of hydrogen-bond acceptors (Lipinski definition) is 3. The number of piperidine rings is 1. The van der Waals surface area contributed by atoms with E-state index in [1.807, 2.05) is 36.1 Å². The molecule has 1 aromatic heterocycles. The van der Waals surface area contributed by atoms with Gasteiger partial charge in [-0.3, -0.25) is 4.90 Å². The highest BCUT2D eigenvalue weighted by Crippen LogP contribution is 2.52. The summed E-state index contributed by atoms with van der Waals surface area (Å²) in [5.41, 5.74) is 1.86. The van der Waals surface area contributed by atoms with E-state index in [-0.39, 0.29) is 11.1 Å². The number of H-pyrrole nitrogens is 1. The molecule has 5 unspecified atom stereocenters. The van der Waals surface area contributed by atoms with Gasteiger partial charge in [0.15, 0.2) is 0 Å². The summed E-state index contributed by atoms with van der Waals surface area (Å²) in [7, 11) is 0. The number of ether oxygens (including phenoxy) is 1. The summed E-state index contributed by atoms with van der Waals surface area (Å²) in [6, 6.07) is 8.42. The highest BCUT2D eigenvalue weighted by molar-refractivity contribution is 5.86. The molecule has 6 rings (SSSR count). The lowest BCUT2D eigenvalue weighted by Crippen LogP contribution is -2.71. The third kappa shape index (κ3) is 3.05. The molecule has 5 nitrogen and oxygen atoms in total. The van der Waals surface area contributed by atoms with Crippen molar-refractivity contribution in [2.45, 2.75) is 37.7 Å². The van der Waals surface area contributed by atoms with Crippen LogP contribution in [0.2, 0.25) is 0 Å². The van der Waals surface area contributed by atoms with Gasteiger partial charge in [0.25, 0.3) is 0 Å². The molecule has 0 spiro atoms. The van der Waals surface area contributed by atoms with Crippen molar-refractivity contribution in [2.75, 3.05) is 13.2 Å². The average molecular weight is 468 g/mol. The summed E-state index contributed by atoms with van der Waals surface area (Å²) in [4.78, 5) is 16.1. The number of aliphatic carboxylic acids is 1. The Morgan fingerprint density at radius 2 is 2.00 bits per heavy atom. The van der Waals surface area contributed by atoms with E-state index < -0.39 is 47.4 Å². The largest absolute Gasteiger partial charge is 0.478 e. The summed E-state index contributed by atoms with van der Waals surface area (Å²) in [5.74, 6) is -2.81. The van der Waals surface area contributed by atoms with Crippen LogP contribution in [-0.4, -0.2) is 52.4 Å². The SMILES string of the molecule is CC12COC1C(F)C1Cc3c([nH]c4ccccc34)C(c3c(F)cc(/C=C/C(=O)O)cc3F)N1C2. The zero-order valence-electron chi connectivity index (χ0n) is 18.4. The van der Waals surface area contributed by atoms with Gasteiger partial charge < -0.3 is 14.8 Å². The highest BCUT2D eigenvalue weighted by atomic mass is 19.1. The van der Waals surface area contributed by atoms with Crippen LogP contribution < -0.4 is 0 Å². The minimum atomic E-state index is -1.29. The van der Waals surface area contributed by atoms with E-state index in [9.17, 15) is 4.79 Å². The molecule has 2 aromatic carbocycles. The molecular formula is C26H23F3N2O3. The Morgan fingerprint density at radius 1 is 1.26 bits per heavy atom. The van der Waals surface area contributed by atoms with Gasteiger partial charge in [0, 0.05) is 46.2 Å². The van der Waals surface area contributed by atoms with E-state index in [1.165, 1.54) is 0 Å². The molecule has 0 bridgehead atoms. The molecule has 0 aliphatic carbocycles. The van der Waals surface area contributed by atoms with Crippen molar-refractivity contribution in [3.8, 4) is 0 Å². The smallest absolute Gasteiger partial charge is 0.328 e. The van der Waals surface area contributed by atoms with Crippen molar-refractivity contribution in [2.24, 2.45) is 5.41 Å². The lowest BCUT2D eigenvalue weighted by molar-refractivity contribution is -0.255. The van der Waals surface area contributed by atoms with Crippen molar-refractivity contribution in [3.63, 3.8) is 0 Å². The van der Waals surface area contributed by atoms with Crippen LogP contribution in [0, 0.1) is 17.0 Å². The maximum absolute atomic E-state index is 15.8. The number of aromatic nitrogens is 1. The van der Waals surface area contributed by atoms with Crippen LogP contribution in [0.3, 0.4) is 0 Å². The number of nitrogens with zero attached hydrogens (tertiary/aromatic N) is 1. The molecule has 0 saturated carbocycles. The van der Waals surface area contributed by atoms with Crippen LogP contribution in [-0.2, 0) is 16.0 Å². The number of carboxylic acids is 1. The fraction of sp³-hybridized carbons (Fsp3) is 0.346. The van der Waals surface area contributed by atoms with Crippen LogP contribution in [0.4, 0.5) is 13.2 Å². The Hall–Kier alpha value is -3.10. The molecule has 4 heterocycles. The third-order valence-corrected chi connectivity index (χ3v) is 7.56. The van der Waals surface area contributed by atoms with Gasteiger partial charge >= 0.3 is 5.97 Å². The molecule has 2 saturated heterocycles. The summed E-state index contributed by atoms with van der Waals surface area (Å²) in [5, 5.41) is 9.77. The molecule has 2 fully saturated rings. The van der Waals surface area contributed by atoms with Gasteiger partial charge in [-0.25, -0.2) is 18.0 Å². The highest BCUT2D eigenvalue weighted by Gasteiger charge is 2.60. The van der Waals surface area contributed by atoms with E-state index in [0.29, 0.717) is 25.3 Å². The van der Waals surface area contributed by atoms with E-state index in [1.54, 1.807) is 0 Å². The Kier molecular flexibility index (Phi) is 4.70. The Balaban J connectivity index is 1.54. The monoisotopic (exact) mass is 468 g/mol. The first kappa shape index (κ1) is 21.4. The number of para-hydroxylation sites is 1. The minimum Gasteiger partial charge on any atom is -0.478 e. The Bertz CT molecular complexity index is 1330. The summed E-state index contributed by atoms with van der Waals surface area (Å²) >= 11 is 0. The Morgan fingerprint density at radius 3 is 2.68 bits per heavy atom. The summed E-state index contributed by atoms with van der Waals surface area (Å²) < 4.78 is 52.4. The Labute approximate surface area is 193 Å². The molecule has 0 amide bonds. The van der Waals surface area contributed by atoms with Gasteiger partial charge in [-0.2, -0.15) is 0 Å². The number of rotatable bonds is 3. The van der Waals surface area contributed by atoms with E-state index in [0.717, 1.165) is 40.8 Å². The van der Waals surface area contributed by atoms with Crippen molar-refractivity contribution in [1.82, 2.24) is 9.88 Å². The number of halogens is 3. The molecule has 3 aliphatic heterocycles. The summed E-state index contributed by atoms with van der Waals surface area (Å²) in [6.07, 6.45) is 0.568. The molecule has 3 aliphatic rings. The van der Waals surface area contributed by atoms with Gasteiger partial charge in [0.1, 0.15) is 17.8 Å². The molecular weight excluding hydrogens is 445 g/mol. The van der Waals surface area contributed by atoms with Crippen molar-refractivity contribution < 1.29 is 27.8 Å². The fourth-order valence-electron chi connectivity index (χ4n) is 6.00. The first-order valence-corrected chi connectivity index (χ1v) is 11.3. The minimum absolute atomic E-state index is 0.104. The van der Waals surface area contributed by atoms with Crippen molar-refractivity contribution in [1.29, 1.82) is 0 Å². The second-order valence-corrected chi connectivity index (χ2v) is 9.81. The molecule has 34 heavy (non-hydrogen) atoms. The number of alkyl halides is 1. The molecule has 0 radical (unpaired) electrons. The van der Waals surface area contributed by atoms with Crippen molar-refractivity contribution >= 4 is 22.9 Å². The number of carboxylic acid groups (broad SMARTS) is 1. The van der Waals surface area contributed by atoms with Crippen LogP contribution >= 0.6 is 0 Å². The predicted molar refractivity (Wildman–Crippen MR) is 120 cm³/mol. The standard InChI is InChI=1S/C26H23F3N2O3/c1-26-11-31-19(22(29)25(26)34-12-26)10-15-14-4-2-3-5-18(14)30-23(15)24(31)21-16(27)8-13(9-17(21)28)6-7-20(32)33/h2-9,19,22,24-25,30H,10-12H2,1H3,(H,32,33)/b7-6+. The average Bonchev–Trinajstić information content (AvgIpc) is 3.14. The van der Waals surface area contributed by atoms with Gasteiger partial charge in [-0.05, 0) is 41.8 Å². The van der Waals surface area contributed by atoms with Crippen LogP contribution in [0.25, 0.3) is 17.0 Å². The molecule has 3 aromatic rings. The van der Waals surface area contributed by atoms with E-state index in [2.05, 4.69) is 4.98 Å². The number of fused-ring (bicyclic) bond motifs is 5. The third-order valence-electron chi connectivity index (χ3n) is 7.56. The fourth-order valence-corrected chi connectivity index (χ4v) is 6.00. The topological polar surface area (TPSA) is 65.6 Å². The van der Waals surface area contributed by atoms with E-state index in [4.69, 9.17) is 9.84 Å². The maximum atomic E-state index is 15.8. The zero-order chi connectivity index (χ0) is 23.8. The lowest BCUT2D eigenvalue weighted by Gasteiger charge is -2.60. The van der Waals surface area contributed by atoms with Gasteiger partial charge in [-0.1, -0.05) is 25.1 Å².